The zero-order valence-electron chi connectivity index (χ0n) is 15.2. The lowest BCUT2D eigenvalue weighted by Crippen LogP contribution is -2.32. The average molecular weight is 451 g/mol. The Hall–Kier alpha value is -1.22. The Labute approximate surface area is 162 Å². The van der Waals surface area contributed by atoms with Crippen molar-refractivity contribution in [3.63, 3.8) is 0 Å². The normalized spacial score (nSPS) is 11.5. The molecular weight excluding hydrogens is 421 g/mol. The Morgan fingerprint density at radius 3 is 2.50 bits per heavy atom. The van der Waals surface area contributed by atoms with Crippen LogP contribution in [-0.2, 0) is 0 Å². The molecular formula is C17H30IN3O3. The molecule has 7 heteroatoms. The number of aliphatic imine (C=N–C) groups is 1. The summed E-state index contributed by atoms with van der Waals surface area (Å²) in [5.74, 6) is 2.05. The summed E-state index contributed by atoms with van der Waals surface area (Å²) in [5.41, 5.74) is 0.606. The predicted octanol–water partition coefficient (Wildman–Crippen LogP) is 3.11. The van der Waals surface area contributed by atoms with Crippen LogP contribution in [0.1, 0.15) is 27.7 Å². The molecule has 0 atom stereocenters. The van der Waals surface area contributed by atoms with Crippen LogP contribution in [0.3, 0.4) is 0 Å². The first-order chi connectivity index (χ1) is 11.0. The number of nitrogens with one attached hydrogen (secondary N) is 2. The third kappa shape index (κ3) is 7.57. The first-order valence-corrected chi connectivity index (χ1v) is 7.92. The van der Waals surface area contributed by atoms with Crippen molar-refractivity contribution in [2.45, 2.75) is 27.7 Å². The maximum Gasteiger partial charge on any atom is 0.195 e. The van der Waals surface area contributed by atoms with Gasteiger partial charge >= 0.3 is 0 Å². The van der Waals surface area contributed by atoms with Gasteiger partial charge in [0, 0.05) is 30.3 Å². The molecule has 0 amide bonds. The third-order valence-corrected chi connectivity index (χ3v) is 3.16. The lowest BCUT2D eigenvalue weighted by Gasteiger charge is -2.20. The quantitative estimate of drug-likeness (QED) is 0.322. The Morgan fingerprint density at radius 2 is 1.96 bits per heavy atom. The van der Waals surface area contributed by atoms with Crippen molar-refractivity contribution in [3.8, 4) is 11.5 Å². The molecule has 0 aromatic heterocycles. The molecule has 24 heavy (non-hydrogen) atoms. The summed E-state index contributed by atoms with van der Waals surface area (Å²) >= 11 is 0. The summed E-state index contributed by atoms with van der Waals surface area (Å²) < 4.78 is 10.9. The van der Waals surface area contributed by atoms with Crippen molar-refractivity contribution in [1.29, 1.82) is 0 Å². The largest absolute Gasteiger partial charge is 0.493 e. The number of guanidine groups is 1. The Kier molecular flexibility index (Phi) is 10.8. The topological polar surface area (TPSA) is 75.1 Å². The Bertz CT molecular complexity index is 522. The van der Waals surface area contributed by atoms with E-state index in [9.17, 15) is 5.11 Å². The lowest BCUT2D eigenvalue weighted by atomic mass is 9.95. The van der Waals surface area contributed by atoms with Gasteiger partial charge in [-0.1, -0.05) is 13.8 Å². The van der Waals surface area contributed by atoms with E-state index in [1.54, 1.807) is 7.11 Å². The van der Waals surface area contributed by atoms with Crippen LogP contribution >= 0.6 is 24.0 Å². The number of halogens is 1. The number of ether oxygens (including phenoxy) is 2. The highest BCUT2D eigenvalue weighted by Crippen LogP contribution is 2.30. The highest BCUT2D eigenvalue weighted by Gasteiger charge is 2.16. The van der Waals surface area contributed by atoms with E-state index in [-0.39, 0.29) is 36.0 Å². The van der Waals surface area contributed by atoms with E-state index in [4.69, 9.17) is 9.47 Å². The molecule has 0 heterocycles. The summed E-state index contributed by atoms with van der Waals surface area (Å²) in [7, 11) is 1.62. The van der Waals surface area contributed by atoms with Crippen LogP contribution in [0.2, 0.25) is 0 Å². The summed E-state index contributed by atoms with van der Waals surface area (Å²) in [6.45, 7) is 9.82. The number of rotatable bonds is 8. The summed E-state index contributed by atoms with van der Waals surface area (Å²) in [5, 5.41) is 15.8. The third-order valence-electron chi connectivity index (χ3n) is 3.16. The Morgan fingerprint density at radius 1 is 1.25 bits per heavy atom. The van der Waals surface area contributed by atoms with Crippen LogP contribution in [-0.4, -0.2) is 44.5 Å². The highest BCUT2D eigenvalue weighted by atomic mass is 127. The molecule has 3 N–H and O–H groups in total. The zero-order valence-corrected chi connectivity index (χ0v) is 17.5. The average Bonchev–Trinajstić information content (AvgIpc) is 2.53. The van der Waals surface area contributed by atoms with E-state index < -0.39 is 0 Å². The summed E-state index contributed by atoms with van der Waals surface area (Å²) in [4.78, 5) is 4.53. The molecule has 1 aromatic carbocycles. The van der Waals surface area contributed by atoms with Crippen LogP contribution in [0, 0.1) is 5.41 Å². The van der Waals surface area contributed by atoms with E-state index in [0.717, 1.165) is 12.2 Å². The van der Waals surface area contributed by atoms with Crippen molar-refractivity contribution >= 4 is 35.6 Å². The van der Waals surface area contributed by atoms with Crippen LogP contribution in [0.5, 0.6) is 11.5 Å². The van der Waals surface area contributed by atoms with Crippen molar-refractivity contribution in [2.75, 3.05) is 38.7 Å². The van der Waals surface area contributed by atoms with Gasteiger partial charge < -0.3 is 25.2 Å². The molecule has 0 saturated heterocycles. The SMILES string of the molecule is CCNC(=NCC(C)(C)CO)Nc1ccc(OC)c(OCC)c1.I. The second-order valence-electron chi connectivity index (χ2n) is 5.94. The number of aliphatic hydroxyl groups excluding tert-OH is 1. The van der Waals surface area contributed by atoms with E-state index in [1.165, 1.54) is 0 Å². The van der Waals surface area contributed by atoms with E-state index >= 15 is 0 Å². The first kappa shape index (κ1) is 22.8. The van der Waals surface area contributed by atoms with E-state index in [0.29, 0.717) is 30.6 Å². The number of nitrogens with zero attached hydrogens (tertiary/aromatic N) is 1. The van der Waals surface area contributed by atoms with Gasteiger partial charge in [0.15, 0.2) is 17.5 Å². The number of benzene rings is 1. The van der Waals surface area contributed by atoms with Gasteiger partial charge in [-0.25, -0.2) is 0 Å². The van der Waals surface area contributed by atoms with Crippen molar-refractivity contribution in [2.24, 2.45) is 10.4 Å². The molecule has 0 aliphatic carbocycles. The molecule has 0 bridgehead atoms. The molecule has 1 rings (SSSR count). The van der Waals surface area contributed by atoms with Crippen LogP contribution in [0.15, 0.2) is 23.2 Å². The predicted molar refractivity (Wildman–Crippen MR) is 110 cm³/mol. The highest BCUT2D eigenvalue weighted by molar-refractivity contribution is 14.0. The van der Waals surface area contributed by atoms with Crippen molar-refractivity contribution in [3.05, 3.63) is 18.2 Å². The minimum Gasteiger partial charge on any atom is -0.493 e. The van der Waals surface area contributed by atoms with Gasteiger partial charge in [-0.05, 0) is 26.0 Å². The van der Waals surface area contributed by atoms with Gasteiger partial charge in [-0.3, -0.25) is 4.99 Å². The van der Waals surface area contributed by atoms with E-state index in [1.807, 2.05) is 45.9 Å². The molecule has 0 aliphatic rings. The number of methoxy groups -OCH3 is 1. The number of aliphatic hydroxyl groups is 1. The lowest BCUT2D eigenvalue weighted by molar-refractivity contribution is 0.167. The molecule has 0 fully saturated rings. The van der Waals surface area contributed by atoms with Crippen molar-refractivity contribution in [1.82, 2.24) is 5.32 Å². The number of hydrogen-bond acceptors (Lipinski definition) is 4. The van der Waals surface area contributed by atoms with Gasteiger partial charge in [0.25, 0.3) is 0 Å². The minimum absolute atomic E-state index is 0. The van der Waals surface area contributed by atoms with Gasteiger partial charge in [0.05, 0.1) is 20.3 Å². The van der Waals surface area contributed by atoms with Gasteiger partial charge in [0.1, 0.15) is 0 Å². The fraction of sp³-hybridized carbons (Fsp3) is 0.588. The molecule has 0 unspecified atom stereocenters. The van der Waals surface area contributed by atoms with Crippen LogP contribution < -0.4 is 20.1 Å². The summed E-state index contributed by atoms with van der Waals surface area (Å²) in [6, 6.07) is 5.65. The van der Waals surface area contributed by atoms with Gasteiger partial charge in [-0.2, -0.15) is 0 Å². The monoisotopic (exact) mass is 451 g/mol. The second-order valence-corrected chi connectivity index (χ2v) is 5.94. The standard InChI is InChI=1S/C17H29N3O3.HI/c1-6-18-16(19-11-17(3,4)12-21)20-13-8-9-14(22-5)15(10-13)23-7-2;/h8-10,21H,6-7,11-12H2,1-5H3,(H2,18,19,20);1H. The first-order valence-electron chi connectivity index (χ1n) is 7.92. The molecule has 138 valence electrons. The van der Waals surface area contributed by atoms with Crippen LogP contribution in [0.4, 0.5) is 5.69 Å². The smallest absolute Gasteiger partial charge is 0.195 e. The molecule has 0 radical (unpaired) electrons. The minimum atomic E-state index is -0.251. The summed E-state index contributed by atoms with van der Waals surface area (Å²) in [6.07, 6.45) is 0. The molecule has 6 nitrogen and oxygen atoms in total. The molecule has 0 aliphatic heterocycles. The fourth-order valence-electron chi connectivity index (χ4n) is 1.81. The van der Waals surface area contributed by atoms with Gasteiger partial charge in [0.2, 0.25) is 0 Å². The van der Waals surface area contributed by atoms with E-state index in [2.05, 4.69) is 15.6 Å². The zero-order chi connectivity index (χ0) is 17.3. The molecule has 1 aromatic rings. The molecule has 0 saturated carbocycles. The maximum absolute atomic E-state index is 9.34. The number of anilines is 1. The van der Waals surface area contributed by atoms with Crippen LogP contribution in [0.25, 0.3) is 0 Å². The number of hydrogen-bond donors (Lipinski definition) is 3. The molecule has 0 spiro atoms. The maximum atomic E-state index is 9.34. The van der Waals surface area contributed by atoms with Crippen molar-refractivity contribution < 1.29 is 14.6 Å². The Balaban J connectivity index is 0.00000529. The van der Waals surface area contributed by atoms with Gasteiger partial charge in [-0.15, -0.1) is 24.0 Å². The second kappa shape index (κ2) is 11.4. The fourth-order valence-corrected chi connectivity index (χ4v) is 1.81.